The SMILES string of the molecule is C=CCOC(=O)C(=C=c1sc(=C=CNc2cccc(N(C)C(=O)C(C)C)c2)c(=O)n1CC)C#N. The molecule has 34 heavy (non-hydrogen) atoms. The van der Waals surface area contributed by atoms with E-state index in [0.29, 0.717) is 16.9 Å². The van der Waals surface area contributed by atoms with Gasteiger partial charge in [-0.3, -0.25) is 14.2 Å². The van der Waals surface area contributed by atoms with Crippen molar-refractivity contribution in [3.8, 4) is 6.07 Å². The summed E-state index contributed by atoms with van der Waals surface area (Å²) in [7, 11) is 1.72. The second kappa shape index (κ2) is 12.2. The largest absolute Gasteiger partial charge is 0.457 e. The van der Waals surface area contributed by atoms with E-state index in [0.717, 1.165) is 17.0 Å². The van der Waals surface area contributed by atoms with E-state index in [4.69, 9.17) is 4.74 Å². The van der Waals surface area contributed by atoms with Gasteiger partial charge < -0.3 is 15.0 Å². The Hall–Kier alpha value is -4.08. The molecule has 0 fully saturated rings. The topological polar surface area (TPSA) is 104 Å². The summed E-state index contributed by atoms with van der Waals surface area (Å²) in [5.74, 6) is -0.964. The second-order valence-corrected chi connectivity index (χ2v) is 8.32. The Bertz CT molecular complexity index is 1380. The molecule has 2 aromatic rings. The number of thiazole rings is 1. The standard InChI is InChI=1S/C25H26N4O4S/c1-6-13-33-25(32)18(16-26)14-22-29(7-2)24(31)21(34-22)11-12-27-19-9-8-10-20(15-19)28(5)23(30)17(3)4/h6,8-10,12,15,17,27H,1,7,13H2,2-5H3. The fourth-order valence-electron chi connectivity index (χ4n) is 2.82. The number of carbonyl (C=O) groups excluding carboxylic acids is 2. The number of hydrogen-bond acceptors (Lipinski definition) is 7. The molecule has 1 heterocycles. The van der Waals surface area contributed by atoms with Crippen LogP contribution in [0.5, 0.6) is 0 Å². The molecule has 176 valence electrons. The van der Waals surface area contributed by atoms with Crippen LogP contribution in [0.2, 0.25) is 0 Å². The molecule has 1 amide bonds. The summed E-state index contributed by atoms with van der Waals surface area (Å²) in [6.45, 7) is 9.20. The summed E-state index contributed by atoms with van der Waals surface area (Å²) < 4.78 is 6.86. The molecule has 1 aromatic heterocycles. The molecular formula is C25H26N4O4S. The molecule has 0 aliphatic carbocycles. The van der Waals surface area contributed by atoms with Crippen LogP contribution < -0.4 is 25.0 Å². The third kappa shape index (κ3) is 6.47. The highest BCUT2D eigenvalue weighted by Crippen LogP contribution is 2.19. The fourth-order valence-corrected chi connectivity index (χ4v) is 3.81. The molecule has 1 N–H and O–H groups in total. The molecule has 0 bridgehead atoms. The summed E-state index contributed by atoms with van der Waals surface area (Å²) in [5, 5.41) is 12.3. The number of anilines is 2. The maximum absolute atomic E-state index is 12.7. The Labute approximate surface area is 201 Å². The molecule has 2 rings (SSSR count). The number of amides is 1. The van der Waals surface area contributed by atoms with Crippen molar-refractivity contribution in [2.75, 3.05) is 23.9 Å². The summed E-state index contributed by atoms with van der Waals surface area (Å²) in [6.07, 6.45) is 2.88. The summed E-state index contributed by atoms with van der Waals surface area (Å²) >= 11 is 1.05. The van der Waals surface area contributed by atoms with Gasteiger partial charge in [0, 0.05) is 37.1 Å². The number of aromatic nitrogens is 1. The summed E-state index contributed by atoms with van der Waals surface area (Å²) in [5.41, 5.74) is 6.38. The van der Waals surface area contributed by atoms with Gasteiger partial charge in [0.1, 0.15) is 21.9 Å². The molecule has 8 nitrogen and oxygen atoms in total. The van der Waals surface area contributed by atoms with E-state index in [1.807, 2.05) is 38.1 Å². The van der Waals surface area contributed by atoms with Crippen LogP contribution in [0.25, 0.3) is 11.5 Å². The van der Waals surface area contributed by atoms with Gasteiger partial charge in [0.2, 0.25) is 5.91 Å². The molecule has 0 saturated carbocycles. The molecule has 9 heteroatoms. The first-order chi connectivity index (χ1) is 16.2. The lowest BCUT2D eigenvalue weighted by Gasteiger charge is -2.20. The minimum Gasteiger partial charge on any atom is -0.457 e. The van der Waals surface area contributed by atoms with Gasteiger partial charge in [0.05, 0.1) is 0 Å². The van der Waals surface area contributed by atoms with Gasteiger partial charge in [-0.2, -0.15) is 5.26 Å². The lowest BCUT2D eigenvalue weighted by molar-refractivity contribution is -0.137. The third-order valence-corrected chi connectivity index (χ3v) is 5.59. The van der Waals surface area contributed by atoms with Crippen LogP contribution in [0.4, 0.5) is 11.4 Å². The van der Waals surface area contributed by atoms with Gasteiger partial charge in [-0.15, -0.1) is 0 Å². The molecule has 0 aliphatic heterocycles. The van der Waals surface area contributed by atoms with Crippen molar-refractivity contribution in [1.29, 1.82) is 5.26 Å². The van der Waals surface area contributed by atoms with Crippen molar-refractivity contribution in [3.05, 3.63) is 68.2 Å². The van der Waals surface area contributed by atoms with Crippen LogP contribution in [-0.2, 0) is 20.9 Å². The van der Waals surface area contributed by atoms with Crippen LogP contribution >= 0.6 is 11.3 Å². The first-order valence-corrected chi connectivity index (χ1v) is 11.3. The van der Waals surface area contributed by atoms with Crippen molar-refractivity contribution in [2.45, 2.75) is 27.3 Å². The normalized spacial score (nSPS) is 9.88. The Morgan fingerprint density at radius 2 is 2.12 bits per heavy atom. The van der Waals surface area contributed by atoms with Crippen LogP contribution in [0, 0.1) is 17.2 Å². The number of esters is 1. The van der Waals surface area contributed by atoms with Gasteiger partial charge in [0.25, 0.3) is 5.56 Å². The number of rotatable bonds is 8. The van der Waals surface area contributed by atoms with Crippen LogP contribution in [-0.4, -0.2) is 30.1 Å². The summed E-state index contributed by atoms with van der Waals surface area (Å²) in [6, 6.07) is 9.04. The highest BCUT2D eigenvalue weighted by atomic mass is 32.1. The minimum absolute atomic E-state index is 0.0000898. The highest BCUT2D eigenvalue weighted by molar-refractivity contribution is 7.07. The molecule has 0 unspecified atom stereocenters. The lowest BCUT2D eigenvalue weighted by atomic mass is 10.1. The predicted molar refractivity (Wildman–Crippen MR) is 133 cm³/mol. The van der Waals surface area contributed by atoms with Gasteiger partial charge in [0.15, 0.2) is 5.57 Å². The zero-order valence-corrected chi connectivity index (χ0v) is 20.4. The quantitative estimate of drug-likeness (QED) is 0.270. The average Bonchev–Trinajstić information content (AvgIpc) is 3.13. The van der Waals surface area contributed by atoms with E-state index in [1.54, 1.807) is 24.9 Å². The molecule has 0 atom stereocenters. The molecule has 0 radical (unpaired) electrons. The number of hydrogen-bond donors (Lipinski definition) is 1. The number of ether oxygens (including phenoxy) is 1. The van der Waals surface area contributed by atoms with Gasteiger partial charge in [-0.1, -0.05) is 55.4 Å². The molecular weight excluding hydrogens is 452 g/mol. The van der Waals surface area contributed by atoms with E-state index in [-0.39, 0.29) is 34.1 Å². The van der Waals surface area contributed by atoms with Crippen molar-refractivity contribution >= 4 is 46.1 Å². The van der Waals surface area contributed by atoms with Gasteiger partial charge in [-0.05, 0) is 25.1 Å². The van der Waals surface area contributed by atoms with E-state index >= 15 is 0 Å². The fraction of sp³-hybridized carbons (Fsp3) is 0.280. The Morgan fingerprint density at radius 3 is 2.74 bits per heavy atom. The lowest BCUT2D eigenvalue weighted by Crippen LogP contribution is -2.30. The minimum atomic E-state index is -0.838. The number of nitriles is 1. The van der Waals surface area contributed by atoms with Crippen LogP contribution in [0.15, 0.2) is 53.5 Å². The highest BCUT2D eigenvalue weighted by Gasteiger charge is 2.14. The van der Waals surface area contributed by atoms with Crippen LogP contribution in [0.1, 0.15) is 20.8 Å². The smallest absolute Gasteiger partial charge is 0.357 e. The Kier molecular flexibility index (Phi) is 9.42. The molecule has 0 aliphatic rings. The first-order valence-electron chi connectivity index (χ1n) is 10.5. The molecule has 0 spiro atoms. The van der Waals surface area contributed by atoms with Gasteiger partial charge in [-0.25, -0.2) is 4.79 Å². The summed E-state index contributed by atoms with van der Waals surface area (Å²) in [4.78, 5) is 38.5. The van der Waals surface area contributed by atoms with E-state index in [1.165, 1.54) is 16.8 Å². The zero-order chi connectivity index (χ0) is 25.3. The average molecular weight is 479 g/mol. The number of benzene rings is 1. The Balaban J connectivity index is 2.46. The molecule has 1 aromatic carbocycles. The molecule has 0 saturated heterocycles. The van der Waals surface area contributed by atoms with Gasteiger partial charge >= 0.3 is 5.97 Å². The maximum atomic E-state index is 12.7. The maximum Gasteiger partial charge on any atom is 0.357 e. The van der Waals surface area contributed by atoms with Crippen molar-refractivity contribution in [3.63, 3.8) is 0 Å². The number of carbonyl (C=O) groups is 2. The monoisotopic (exact) mass is 478 g/mol. The van der Waals surface area contributed by atoms with E-state index < -0.39 is 5.97 Å². The first kappa shape index (κ1) is 26.2. The van der Waals surface area contributed by atoms with Crippen molar-refractivity contribution in [1.82, 2.24) is 4.57 Å². The van der Waals surface area contributed by atoms with Crippen molar-refractivity contribution in [2.24, 2.45) is 5.92 Å². The zero-order valence-electron chi connectivity index (χ0n) is 19.5. The third-order valence-electron chi connectivity index (χ3n) is 4.58. The van der Waals surface area contributed by atoms with Crippen molar-refractivity contribution < 1.29 is 14.3 Å². The Morgan fingerprint density at radius 1 is 1.38 bits per heavy atom. The van der Waals surface area contributed by atoms with E-state index in [2.05, 4.69) is 23.4 Å². The van der Waals surface area contributed by atoms with E-state index in [9.17, 15) is 19.6 Å². The van der Waals surface area contributed by atoms with Crippen LogP contribution in [0.3, 0.4) is 0 Å². The number of nitrogens with one attached hydrogen (secondary N) is 1. The second-order valence-electron chi connectivity index (χ2n) is 7.32. The predicted octanol–water partition coefficient (Wildman–Crippen LogP) is 2.11. The number of nitrogens with zero attached hydrogens (tertiary/aromatic N) is 3.